The lowest BCUT2D eigenvalue weighted by atomic mass is 10.1. The second-order valence-electron chi connectivity index (χ2n) is 4.52. The summed E-state index contributed by atoms with van der Waals surface area (Å²) in [7, 11) is 0. The molecule has 3 nitrogen and oxygen atoms in total. The Morgan fingerprint density at radius 2 is 1.81 bits per heavy atom. The molecular weight excluding hydrogens is 333 g/mol. The van der Waals surface area contributed by atoms with E-state index in [0.29, 0.717) is 22.4 Å². The van der Waals surface area contributed by atoms with Gasteiger partial charge in [-0.3, -0.25) is 0 Å². The number of anilines is 1. The van der Waals surface area contributed by atoms with Gasteiger partial charge in [-0.2, -0.15) is 10.5 Å². The van der Waals surface area contributed by atoms with Crippen LogP contribution in [0.5, 0.6) is 0 Å². The van der Waals surface area contributed by atoms with Crippen molar-refractivity contribution in [2.45, 2.75) is 13.0 Å². The van der Waals surface area contributed by atoms with Crippen LogP contribution in [0, 0.1) is 28.5 Å². The fraction of sp³-hybridized carbons (Fsp3) is 0.125. The number of benzene rings is 2. The van der Waals surface area contributed by atoms with Gasteiger partial charge in [0, 0.05) is 15.7 Å². The van der Waals surface area contributed by atoms with E-state index in [-0.39, 0.29) is 11.9 Å². The summed E-state index contributed by atoms with van der Waals surface area (Å²) in [6.07, 6.45) is 0. The van der Waals surface area contributed by atoms with Crippen LogP contribution < -0.4 is 5.32 Å². The Hall–Kier alpha value is -2.37. The van der Waals surface area contributed by atoms with Crippen LogP contribution >= 0.6 is 15.9 Å². The first kappa shape index (κ1) is 15.0. The van der Waals surface area contributed by atoms with E-state index in [9.17, 15) is 4.39 Å². The molecule has 0 aliphatic heterocycles. The Labute approximate surface area is 130 Å². The number of rotatable bonds is 3. The van der Waals surface area contributed by atoms with Crippen LogP contribution in [0.1, 0.15) is 29.7 Å². The highest BCUT2D eigenvalue weighted by Gasteiger charge is 2.12. The normalized spacial score (nSPS) is 11.3. The first-order valence-electron chi connectivity index (χ1n) is 6.21. The number of nitrogens with zero attached hydrogens (tertiary/aromatic N) is 2. The zero-order valence-electron chi connectivity index (χ0n) is 11.2. The summed E-state index contributed by atoms with van der Waals surface area (Å²) in [6.45, 7) is 1.83. The molecular formula is C16H11BrFN3. The molecule has 2 aromatic carbocycles. The van der Waals surface area contributed by atoms with Crippen molar-refractivity contribution in [1.82, 2.24) is 0 Å². The maximum atomic E-state index is 13.8. The molecule has 2 aromatic rings. The Bertz CT molecular complexity index is 759. The van der Waals surface area contributed by atoms with Crippen LogP contribution in [0.2, 0.25) is 0 Å². The van der Waals surface area contributed by atoms with Gasteiger partial charge >= 0.3 is 0 Å². The lowest BCUT2D eigenvalue weighted by Gasteiger charge is -2.17. The monoisotopic (exact) mass is 343 g/mol. The van der Waals surface area contributed by atoms with Crippen molar-refractivity contribution in [2.24, 2.45) is 0 Å². The van der Waals surface area contributed by atoms with E-state index in [1.165, 1.54) is 6.07 Å². The van der Waals surface area contributed by atoms with E-state index in [1.54, 1.807) is 30.3 Å². The highest BCUT2D eigenvalue weighted by molar-refractivity contribution is 9.10. The number of nitriles is 2. The molecule has 2 rings (SSSR count). The Balaban J connectivity index is 2.28. The third kappa shape index (κ3) is 3.39. The van der Waals surface area contributed by atoms with Crippen molar-refractivity contribution in [3.05, 3.63) is 63.4 Å². The van der Waals surface area contributed by atoms with Crippen LogP contribution in [0.3, 0.4) is 0 Å². The van der Waals surface area contributed by atoms with Gasteiger partial charge in [0.05, 0.1) is 17.2 Å². The van der Waals surface area contributed by atoms with Crippen molar-refractivity contribution < 1.29 is 4.39 Å². The highest BCUT2D eigenvalue weighted by Crippen LogP contribution is 2.25. The molecule has 0 aliphatic carbocycles. The molecule has 21 heavy (non-hydrogen) atoms. The predicted octanol–water partition coefficient (Wildman–Crippen LogP) is 4.50. The molecule has 1 unspecified atom stereocenters. The quantitative estimate of drug-likeness (QED) is 0.892. The molecule has 0 bridgehead atoms. The predicted molar refractivity (Wildman–Crippen MR) is 82.0 cm³/mol. The van der Waals surface area contributed by atoms with Crippen molar-refractivity contribution in [3.63, 3.8) is 0 Å². The Morgan fingerprint density at radius 3 is 2.48 bits per heavy atom. The van der Waals surface area contributed by atoms with Crippen LogP contribution in [0.25, 0.3) is 0 Å². The average Bonchev–Trinajstić information content (AvgIpc) is 2.49. The molecule has 0 radical (unpaired) electrons. The minimum Gasteiger partial charge on any atom is -0.378 e. The second kappa shape index (κ2) is 6.39. The molecule has 5 heteroatoms. The minimum absolute atomic E-state index is 0.276. The number of hydrogen-bond acceptors (Lipinski definition) is 3. The molecule has 0 amide bonds. The molecule has 1 N–H and O–H groups in total. The van der Waals surface area contributed by atoms with E-state index in [1.807, 2.05) is 19.1 Å². The van der Waals surface area contributed by atoms with Crippen LogP contribution in [-0.2, 0) is 0 Å². The van der Waals surface area contributed by atoms with Crippen molar-refractivity contribution in [3.8, 4) is 12.1 Å². The van der Waals surface area contributed by atoms with Crippen molar-refractivity contribution >= 4 is 21.6 Å². The standard InChI is InChI=1S/C16H11BrFN3/c1-10(15-7-13(17)3-5-16(15)18)21-14-4-2-11(8-19)12(6-14)9-20/h2-7,10,21H,1H3. The average molecular weight is 344 g/mol. The molecule has 0 aromatic heterocycles. The molecule has 104 valence electrons. The summed E-state index contributed by atoms with van der Waals surface area (Å²) in [5.74, 6) is -0.299. The summed E-state index contributed by atoms with van der Waals surface area (Å²) in [5.41, 5.74) is 1.80. The lowest BCUT2D eigenvalue weighted by Crippen LogP contribution is -2.09. The highest BCUT2D eigenvalue weighted by atomic mass is 79.9. The number of hydrogen-bond donors (Lipinski definition) is 1. The maximum absolute atomic E-state index is 13.8. The van der Waals surface area contributed by atoms with E-state index >= 15 is 0 Å². The van der Waals surface area contributed by atoms with Gasteiger partial charge in [0.15, 0.2) is 0 Å². The van der Waals surface area contributed by atoms with E-state index in [0.717, 1.165) is 4.47 Å². The van der Waals surface area contributed by atoms with Gasteiger partial charge in [-0.25, -0.2) is 4.39 Å². The first-order chi connectivity index (χ1) is 10.0. The summed E-state index contributed by atoms with van der Waals surface area (Å²) >= 11 is 3.32. The summed E-state index contributed by atoms with van der Waals surface area (Å²) in [4.78, 5) is 0. The first-order valence-corrected chi connectivity index (χ1v) is 7.00. The minimum atomic E-state index is -0.299. The zero-order chi connectivity index (χ0) is 15.4. The van der Waals surface area contributed by atoms with Gasteiger partial charge in [-0.1, -0.05) is 15.9 Å². The van der Waals surface area contributed by atoms with E-state index in [4.69, 9.17) is 10.5 Å². The SMILES string of the molecule is CC(Nc1ccc(C#N)c(C#N)c1)c1cc(Br)ccc1F. The van der Waals surface area contributed by atoms with Crippen LogP contribution in [0.15, 0.2) is 40.9 Å². The van der Waals surface area contributed by atoms with Gasteiger partial charge in [-0.05, 0) is 43.3 Å². The molecule has 1 atom stereocenters. The smallest absolute Gasteiger partial charge is 0.128 e. The zero-order valence-corrected chi connectivity index (χ0v) is 12.8. The van der Waals surface area contributed by atoms with E-state index in [2.05, 4.69) is 21.2 Å². The second-order valence-corrected chi connectivity index (χ2v) is 5.43. The molecule has 0 spiro atoms. The van der Waals surface area contributed by atoms with Crippen LogP contribution in [-0.4, -0.2) is 0 Å². The van der Waals surface area contributed by atoms with Gasteiger partial charge < -0.3 is 5.32 Å². The lowest BCUT2D eigenvalue weighted by molar-refractivity contribution is 0.600. The third-order valence-corrected chi connectivity index (χ3v) is 3.56. The van der Waals surface area contributed by atoms with Crippen molar-refractivity contribution in [1.29, 1.82) is 10.5 Å². The molecule has 0 aliphatic rings. The maximum Gasteiger partial charge on any atom is 0.128 e. The Kier molecular flexibility index (Phi) is 4.57. The summed E-state index contributed by atoms with van der Waals surface area (Å²) in [5, 5.41) is 21.0. The Morgan fingerprint density at radius 1 is 1.10 bits per heavy atom. The van der Waals surface area contributed by atoms with Gasteiger partial charge in [-0.15, -0.1) is 0 Å². The number of nitrogens with one attached hydrogen (secondary N) is 1. The fourth-order valence-electron chi connectivity index (χ4n) is 2.00. The van der Waals surface area contributed by atoms with Crippen molar-refractivity contribution in [2.75, 3.05) is 5.32 Å². The van der Waals surface area contributed by atoms with Gasteiger partial charge in [0.2, 0.25) is 0 Å². The topological polar surface area (TPSA) is 59.6 Å². The van der Waals surface area contributed by atoms with Crippen LogP contribution in [0.4, 0.5) is 10.1 Å². The third-order valence-electron chi connectivity index (χ3n) is 3.07. The molecule has 0 fully saturated rings. The molecule has 0 heterocycles. The van der Waals surface area contributed by atoms with E-state index < -0.39 is 0 Å². The summed E-state index contributed by atoms with van der Waals surface area (Å²) in [6, 6.07) is 13.3. The molecule has 0 saturated heterocycles. The fourth-order valence-corrected chi connectivity index (χ4v) is 2.38. The number of halogens is 2. The van der Waals surface area contributed by atoms with Gasteiger partial charge in [0.1, 0.15) is 18.0 Å². The summed E-state index contributed by atoms with van der Waals surface area (Å²) < 4.78 is 14.6. The van der Waals surface area contributed by atoms with Gasteiger partial charge in [0.25, 0.3) is 0 Å². The largest absolute Gasteiger partial charge is 0.378 e. The molecule has 0 saturated carbocycles.